The monoisotopic (exact) mass is 263 g/mol. The third kappa shape index (κ3) is 3.33. The molecule has 2 rings (SSSR count). The van der Waals surface area contributed by atoms with Gasteiger partial charge in [0.05, 0.1) is 12.5 Å². The molecule has 0 spiro atoms. The lowest BCUT2D eigenvalue weighted by Gasteiger charge is -2.34. The van der Waals surface area contributed by atoms with Crippen LogP contribution in [0.2, 0.25) is 0 Å². The summed E-state index contributed by atoms with van der Waals surface area (Å²) in [6.45, 7) is 2.81. The zero-order chi connectivity index (χ0) is 13.8. The maximum atomic E-state index is 11.1. The van der Waals surface area contributed by atoms with Crippen LogP contribution in [0.15, 0.2) is 30.3 Å². The summed E-state index contributed by atoms with van der Waals surface area (Å²) in [6.07, 6.45) is 1.23. The Morgan fingerprint density at radius 1 is 1.47 bits per heavy atom. The van der Waals surface area contributed by atoms with Gasteiger partial charge in [0.1, 0.15) is 0 Å². The minimum atomic E-state index is -0.771. The van der Waals surface area contributed by atoms with E-state index in [0.29, 0.717) is 0 Å². The van der Waals surface area contributed by atoms with E-state index in [1.165, 1.54) is 0 Å². The molecule has 104 valence electrons. The molecule has 0 radical (unpaired) electrons. The summed E-state index contributed by atoms with van der Waals surface area (Å²) in [5, 5.41) is 9.14. The molecular weight excluding hydrogens is 242 g/mol. The van der Waals surface area contributed by atoms with Gasteiger partial charge in [0.2, 0.25) is 0 Å². The van der Waals surface area contributed by atoms with Crippen molar-refractivity contribution in [2.24, 2.45) is 0 Å². The van der Waals surface area contributed by atoms with Gasteiger partial charge in [0.25, 0.3) is 0 Å². The van der Waals surface area contributed by atoms with E-state index in [1.807, 2.05) is 37.4 Å². The highest BCUT2D eigenvalue weighted by Gasteiger charge is 2.33. The molecule has 3 atom stereocenters. The van der Waals surface area contributed by atoms with E-state index < -0.39 is 5.97 Å². The molecule has 0 aromatic heterocycles. The normalized spacial score (nSPS) is 24.6. The molecule has 4 nitrogen and oxygen atoms in total. The lowest BCUT2D eigenvalue weighted by molar-refractivity contribution is -0.138. The predicted octanol–water partition coefficient (Wildman–Crippen LogP) is 2.31. The van der Waals surface area contributed by atoms with E-state index >= 15 is 0 Å². The van der Waals surface area contributed by atoms with Crippen molar-refractivity contribution >= 4 is 5.97 Å². The molecule has 19 heavy (non-hydrogen) atoms. The molecule has 1 aromatic rings. The number of carbonyl (C=O) groups is 1. The second kappa shape index (κ2) is 6.17. The van der Waals surface area contributed by atoms with Gasteiger partial charge in [-0.05, 0) is 26.0 Å². The van der Waals surface area contributed by atoms with Crippen molar-refractivity contribution in [2.45, 2.75) is 38.0 Å². The molecule has 1 saturated heterocycles. The highest BCUT2D eigenvalue weighted by molar-refractivity contribution is 5.68. The summed E-state index contributed by atoms with van der Waals surface area (Å²) >= 11 is 0. The number of carboxylic acid groups (broad SMARTS) is 1. The molecule has 1 aliphatic heterocycles. The average molecular weight is 263 g/mol. The smallest absolute Gasteiger partial charge is 0.305 e. The van der Waals surface area contributed by atoms with Crippen LogP contribution in [0.25, 0.3) is 0 Å². The first-order valence-corrected chi connectivity index (χ1v) is 6.70. The van der Waals surface area contributed by atoms with Gasteiger partial charge in [-0.3, -0.25) is 9.69 Å². The Labute approximate surface area is 114 Å². The Hall–Kier alpha value is -1.39. The van der Waals surface area contributed by atoms with Gasteiger partial charge < -0.3 is 9.84 Å². The van der Waals surface area contributed by atoms with Crippen molar-refractivity contribution in [3.63, 3.8) is 0 Å². The minimum absolute atomic E-state index is 0.104. The molecule has 0 saturated carbocycles. The summed E-state index contributed by atoms with van der Waals surface area (Å²) in [6, 6.07) is 10.0. The summed E-state index contributed by atoms with van der Waals surface area (Å²) in [5.74, 6) is -0.771. The Balaban J connectivity index is 2.19. The molecule has 1 aliphatic rings. The van der Waals surface area contributed by atoms with E-state index in [2.05, 4.69) is 11.8 Å². The third-order valence-corrected chi connectivity index (χ3v) is 3.90. The molecule has 1 heterocycles. The molecular formula is C15H21NO3. The molecule has 1 N–H and O–H groups in total. The average Bonchev–Trinajstić information content (AvgIpc) is 2.82. The van der Waals surface area contributed by atoms with Gasteiger partial charge >= 0.3 is 5.97 Å². The van der Waals surface area contributed by atoms with Crippen LogP contribution in [0.3, 0.4) is 0 Å². The molecule has 1 aromatic carbocycles. The maximum Gasteiger partial charge on any atom is 0.305 e. The molecule has 4 heteroatoms. The number of likely N-dealkylation sites (N-methyl/N-ethyl adjacent to an activating group) is 1. The van der Waals surface area contributed by atoms with E-state index in [1.54, 1.807) is 0 Å². The summed E-state index contributed by atoms with van der Waals surface area (Å²) < 4.78 is 5.59. The fraction of sp³-hybridized carbons (Fsp3) is 0.533. The standard InChI is InChI=1S/C15H21NO3/c1-11-13(8-9-19-11)16(2)14(10-15(17)18)12-6-4-3-5-7-12/h3-7,11,13-14H,8-10H2,1-2H3,(H,17,18). The fourth-order valence-corrected chi connectivity index (χ4v) is 2.82. The number of rotatable bonds is 5. The van der Waals surface area contributed by atoms with Gasteiger partial charge in [0.15, 0.2) is 0 Å². The lowest BCUT2D eigenvalue weighted by Crippen LogP contribution is -2.40. The molecule has 0 amide bonds. The van der Waals surface area contributed by atoms with Crippen LogP contribution in [0, 0.1) is 0 Å². The van der Waals surface area contributed by atoms with Gasteiger partial charge in [0, 0.05) is 18.7 Å². The zero-order valence-electron chi connectivity index (χ0n) is 11.5. The molecule has 0 bridgehead atoms. The Morgan fingerprint density at radius 2 is 2.16 bits per heavy atom. The minimum Gasteiger partial charge on any atom is -0.481 e. The number of ether oxygens (including phenoxy) is 1. The van der Waals surface area contributed by atoms with Crippen molar-refractivity contribution in [3.8, 4) is 0 Å². The van der Waals surface area contributed by atoms with E-state index in [-0.39, 0.29) is 24.6 Å². The first-order chi connectivity index (χ1) is 9.09. The highest BCUT2D eigenvalue weighted by atomic mass is 16.5. The van der Waals surface area contributed by atoms with E-state index in [0.717, 1.165) is 18.6 Å². The Morgan fingerprint density at radius 3 is 2.68 bits per heavy atom. The van der Waals surface area contributed by atoms with Crippen LogP contribution in [-0.4, -0.2) is 41.8 Å². The quantitative estimate of drug-likeness (QED) is 0.885. The molecule has 3 unspecified atom stereocenters. The second-order valence-electron chi connectivity index (χ2n) is 5.12. The maximum absolute atomic E-state index is 11.1. The van der Waals surface area contributed by atoms with Gasteiger partial charge in [-0.1, -0.05) is 30.3 Å². The number of nitrogens with zero attached hydrogens (tertiary/aromatic N) is 1. The van der Waals surface area contributed by atoms with Gasteiger partial charge in [-0.15, -0.1) is 0 Å². The fourth-order valence-electron chi connectivity index (χ4n) is 2.82. The molecule has 1 fully saturated rings. The summed E-state index contributed by atoms with van der Waals surface area (Å²) in [7, 11) is 2.00. The lowest BCUT2D eigenvalue weighted by atomic mass is 9.99. The number of carboxylic acids is 1. The number of hydrogen-bond donors (Lipinski definition) is 1. The van der Waals surface area contributed by atoms with Crippen LogP contribution < -0.4 is 0 Å². The summed E-state index contributed by atoms with van der Waals surface area (Å²) in [5.41, 5.74) is 1.05. The Kier molecular flexibility index (Phi) is 4.56. The first-order valence-electron chi connectivity index (χ1n) is 6.70. The summed E-state index contributed by atoms with van der Waals surface area (Å²) in [4.78, 5) is 13.3. The highest BCUT2D eigenvalue weighted by Crippen LogP contribution is 2.29. The van der Waals surface area contributed by atoms with E-state index in [4.69, 9.17) is 9.84 Å². The van der Waals surface area contributed by atoms with Crippen LogP contribution in [0.4, 0.5) is 0 Å². The van der Waals surface area contributed by atoms with Crippen molar-refractivity contribution in [1.82, 2.24) is 4.90 Å². The topological polar surface area (TPSA) is 49.8 Å². The van der Waals surface area contributed by atoms with Crippen molar-refractivity contribution < 1.29 is 14.6 Å². The zero-order valence-corrected chi connectivity index (χ0v) is 11.5. The van der Waals surface area contributed by atoms with Crippen LogP contribution in [0.1, 0.15) is 31.4 Å². The largest absolute Gasteiger partial charge is 0.481 e. The van der Waals surface area contributed by atoms with Gasteiger partial charge in [-0.25, -0.2) is 0 Å². The number of aliphatic carboxylic acids is 1. The number of hydrogen-bond acceptors (Lipinski definition) is 3. The van der Waals surface area contributed by atoms with Crippen LogP contribution in [-0.2, 0) is 9.53 Å². The van der Waals surface area contributed by atoms with Gasteiger partial charge in [-0.2, -0.15) is 0 Å². The Bertz CT molecular complexity index is 421. The number of benzene rings is 1. The van der Waals surface area contributed by atoms with Crippen molar-refractivity contribution in [3.05, 3.63) is 35.9 Å². The van der Waals surface area contributed by atoms with Crippen LogP contribution >= 0.6 is 0 Å². The van der Waals surface area contributed by atoms with Crippen molar-refractivity contribution in [1.29, 1.82) is 0 Å². The predicted molar refractivity (Wildman–Crippen MR) is 73.0 cm³/mol. The second-order valence-corrected chi connectivity index (χ2v) is 5.12. The third-order valence-electron chi connectivity index (χ3n) is 3.90. The first kappa shape index (κ1) is 14.0. The van der Waals surface area contributed by atoms with Crippen LogP contribution in [0.5, 0.6) is 0 Å². The van der Waals surface area contributed by atoms with Crippen molar-refractivity contribution in [2.75, 3.05) is 13.7 Å². The molecule has 0 aliphatic carbocycles. The van der Waals surface area contributed by atoms with E-state index in [9.17, 15) is 4.79 Å². The SMILES string of the molecule is CC1OCCC1N(C)C(CC(=O)O)c1ccccc1.